The Morgan fingerprint density at radius 3 is 1.69 bits per heavy atom. The van der Waals surface area contributed by atoms with Crippen LogP contribution in [0.15, 0.2) is 48.5 Å². The van der Waals surface area contributed by atoms with E-state index >= 15 is 0 Å². The molecule has 3 rings (SSSR count). The minimum absolute atomic E-state index is 1.10. The molecule has 0 heterocycles. The molecule has 16 heavy (non-hydrogen) atoms. The SMILES string of the molecule is CC#N.c1ccc2c(c1)Cc1ccccc1-2. The van der Waals surface area contributed by atoms with E-state index in [9.17, 15) is 0 Å². The second-order valence-corrected chi connectivity index (χ2v) is 3.71. The summed E-state index contributed by atoms with van der Waals surface area (Å²) in [6, 6.07) is 19.1. The fourth-order valence-electron chi connectivity index (χ4n) is 2.08. The summed E-state index contributed by atoms with van der Waals surface area (Å²) in [5, 5.41) is 7.32. The highest BCUT2D eigenvalue weighted by Gasteiger charge is 2.15. The molecule has 0 saturated carbocycles. The van der Waals surface area contributed by atoms with Crippen LogP contribution in [0.2, 0.25) is 0 Å². The van der Waals surface area contributed by atoms with Crippen molar-refractivity contribution in [2.24, 2.45) is 0 Å². The van der Waals surface area contributed by atoms with Crippen LogP contribution in [0.5, 0.6) is 0 Å². The first kappa shape index (κ1) is 10.4. The summed E-state index contributed by atoms with van der Waals surface area (Å²) in [5.74, 6) is 0. The zero-order chi connectivity index (χ0) is 11.4. The van der Waals surface area contributed by atoms with Gasteiger partial charge < -0.3 is 0 Å². The Kier molecular flexibility index (Phi) is 3.03. The van der Waals surface area contributed by atoms with Gasteiger partial charge in [-0.05, 0) is 28.7 Å². The second-order valence-electron chi connectivity index (χ2n) is 3.71. The molecule has 0 spiro atoms. The van der Waals surface area contributed by atoms with Gasteiger partial charge in [0.05, 0.1) is 6.07 Å². The zero-order valence-corrected chi connectivity index (χ0v) is 9.27. The average Bonchev–Trinajstić information content (AvgIpc) is 2.68. The van der Waals surface area contributed by atoms with Gasteiger partial charge in [-0.2, -0.15) is 5.26 Å². The lowest BCUT2D eigenvalue weighted by molar-refractivity contribution is 1.26. The maximum atomic E-state index is 7.32. The molecule has 1 aliphatic carbocycles. The van der Waals surface area contributed by atoms with E-state index in [0.717, 1.165) is 6.42 Å². The average molecular weight is 207 g/mol. The molecule has 1 nitrogen and oxygen atoms in total. The number of benzene rings is 2. The second kappa shape index (κ2) is 4.63. The van der Waals surface area contributed by atoms with E-state index < -0.39 is 0 Å². The zero-order valence-electron chi connectivity index (χ0n) is 9.27. The number of fused-ring (bicyclic) bond motifs is 3. The van der Waals surface area contributed by atoms with Crippen molar-refractivity contribution in [3.8, 4) is 17.2 Å². The van der Waals surface area contributed by atoms with Gasteiger partial charge in [0.1, 0.15) is 0 Å². The lowest BCUT2D eigenvalue weighted by Crippen LogP contribution is -1.77. The summed E-state index contributed by atoms with van der Waals surface area (Å²) in [6.45, 7) is 1.43. The molecule has 2 aromatic carbocycles. The van der Waals surface area contributed by atoms with Crippen molar-refractivity contribution in [3.63, 3.8) is 0 Å². The number of rotatable bonds is 0. The van der Waals surface area contributed by atoms with Crippen molar-refractivity contribution in [3.05, 3.63) is 59.7 Å². The van der Waals surface area contributed by atoms with Crippen LogP contribution in [0, 0.1) is 11.3 Å². The lowest BCUT2D eigenvalue weighted by Gasteiger charge is -1.98. The summed E-state index contributed by atoms with van der Waals surface area (Å²) in [7, 11) is 0. The smallest absolute Gasteiger partial charge is 0.0587 e. The third-order valence-corrected chi connectivity index (χ3v) is 2.71. The summed E-state index contributed by atoms with van der Waals surface area (Å²) in [6.07, 6.45) is 1.10. The molecule has 0 saturated heterocycles. The van der Waals surface area contributed by atoms with E-state index in [2.05, 4.69) is 48.5 Å². The van der Waals surface area contributed by atoms with Crippen LogP contribution in [-0.4, -0.2) is 0 Å². The topological polar surface area (TPSA) is 23.8 Å². The van der Waals surface area contributed by atoms with Crippen LogP contribution in [0.3, 0.4) is 0 Å². The Hall–Kier alpha value is -2.07. The highest BCUT2D eigenvalue weighted by molar-refractivity contribution is 5.76. The predicted octanol–water partition coefficient (Wildman–Crippen LogP) is 3.79. The van der Waals surface area contributed by atoms with Crippen molar-refractivity contribution < 1.29 is 0 Å². The van der Waals surface area contributed by atoms with Crippen LogP contribution < -0.4 is 0 Å². The fourth-order valence-corrected chi connectivity index (χ4v) is 2.08. The standard InChI is InChI=1S/C13H10.C2H3N/c1-3-7-12-10(5-1)9-11-6-2-4-8-13(11)12;1-2-3/h1-8H,9H2;1H3. The van der Waals surface area contributed by atoms with Crippen molar-refractivity contribution in [1.82, 2.24) is 0 Å². The fraction of sp³-hybridized carbons (Fsp3) is 0.133. The van der Waals surface area contributed by atoms with Crippen LogP contribution in [0.1, 0.15) is 18.1 Å². The molecule has 2 aromatic rings. The van der Waals surface area contributed by atoms with Gasteiger partial charge in [-0.15, -0.1) is 0 Å². The maximum absolute atomic E-state index is 7.32. The molecule has 0 bridgehead atoms. The van der Waals surface area contributed by atoms with E-state index in [0.29, 0.717) is 0 Å². The summed E-state index contributed by atoms with van der Waals surface area (Å²) < 4.78 is 0. The molecule has 0 amide bonds. The van der Waals surface area contributed by atoms with E-state index in [1.54, 1.807) is 6.07 Å². The van der Waals surface area contributed by atoms with Crippen LogP contribution >= 0.6 is 0 Å². The van der Waals surface area contributed by atoms with E-state index in [1.165, 1.54) is 29.2 Å². The predicted molar refractivity (Wildman–Crippen MR) is 66.0 cm³/mol. The van der Waals surface area contributed by atoms with Gasteiger partial charge in [-0.3, -0.25) is 0 Å². The van der Waals surface area contributed by atoms with Crippen molar-refractivity contribution >= 4 is 0 Å². The molecule has 0 aromatic heterocycles. The van der Waals surface area contributed by atoms with Crippen LogP contribution in [0.25, 0.3) is 11.1 Å². The molecule has 78 valence electrons. The Morgan fingerprint density at radius 1 is 0.875 bits per heavy atom. The van der Waals surface area contributed by atoms with E-state index in [4.69, 9.17) is 5.26 Å². The Labute approximate surface area is 96.0 Å². The van der Waals surface area contributed by atoms with Gasteiger partial charge in [-0.25, -0.2) is 0 Å². The molecular weight excluding hydrogens is 194 g/mol. The van der Waals surface area contributed by atoms with Gasteiger partial charge in [0.25, 0.3) is 0 Å². The first-order valence-corrected chi connectivity index (χ1v) is 5.34. The Balaban J connectivity index is 0.000000292. The van der Waals surface area contributed by atoms with Gasteiger partial charge in [0, 0.05) is 6.92 Å². The van der Waals surface area contributed by atoms with Gasteiger partial charge in [0.2, 0.25) is 0 Å². The molecule has 0 atom stereocenters. The number of hydrogen-bond acceptors (Lipinski definition) is 1. The summed E-state index contributed by atoms with van der Waals surface area (Å²) in [4.78, 5) is 0. The van der Waals surface area contributed by atoms with Gasteiger partial charge in [-0.1, -0.05) is 48.5 Å². The third-order valence-electron chi connectivity index (χ3n) is 2.71. The van der Waals surface area contributed by atoms with Crippen LogP contribution in [-0.2, 0) is 6.42 Å². The molecule has 1 aliphatic rings. The first-order chi connectivity index (χ1) is 7.86. The van der Waals surface area contributed by atoms with E-state index in [1.807, 2.05) is 0 Å². The number of nitrogens with zero attached hydrogens (tertiary/aromatic N) is 1. The molecule has 0 aliphatic heterocycles. The highest BCUT2D eigenvalue weighted by Crippen LogP contribution is 2.35. The minimum Gasteiger partial charge on any atom is -0.199 e. The summed E-state index contributed by atoms with van der Waals surface area (Å²) in [5.41, 5.74) is 5.75. The van der Waals surface area contributed by atoms with Crippen molar-refractivity contribution in [2.75, 3.05) is 0 Å². The highest BCUT2D eigenvalue weighted by atomic mass is 14.2. The quantitative estimate of drug-likeness (QED) is 0.550. The molecule has 0 fully saturated rings. The first-order valence-electron chi connectivity index (χ1n) is 5.34. The molecular formula is C15H13N. The van der Waals surface area contributed by atoms with Crippen LogP contribution in [0.4, 0.5) is 0 Å². The van der Waals surface area contributed by atoms with Gasteiger partial charge in [0.15, 0.2) is 0 Å². The maximum Gasteiger partial charge on any atom is 0.0587 e. The summed E-state index contributed by atoms with van der Waals surface area (Å²) >= 11 is 0. The molecule has 0 N–H and O–H groups in total. The van der Waals surface area contributed by atoms with Crippen molar-refractivity contribution in [2.45, 2.75) is 13.3 Å². The minimum atomic E-state index is 1.10. The largest absolute Gasteiger partial charge is 0.199 e. The molecule has 0 radical (unpaired) electrons. The lowest BCUT2D eigenvalue weighted by atomic mass is 10.1. The third kappa shape index (κ3) is 1.83. The number of nitriles is 1. The monoisotopic (exact) mass is 207 g/mol. The van der Waals surface area contributed by atoms with E-state index in [-0.39, 0.29) is 0 Å². The molecule has 0 unspecified atom stereocenters. The van der Waals surface area contributed by atoms with Gasteiger partial charge >= 0.3 is 0 Å². The van der Waals surface area contributed by atoms with Crippen molar-refractivity contribution in [1.29, 1.82) is 5.26 Å². The molecule has 1 heteroatoms. The Morgan fingerprint density at radius 2 is 1.25 bits per heavy atom. The number of hydrogen-bond donors (Lipinski definition) is 0. The normalized spacial score (nSPS) is 10.5. The Bertz CT molecular complexity index is 492.